The molecule has 3 atom stereocenters. The van der Waals surface area contributed by atoms with Crippen LogP contribution in [0.2, 0.25) is 0 Å². The third-order valence-electron chi connectivity index (χ3n) is 3.02. The monoisotopic (exact) mass is 270 g/mol. The summed E-state index contributed by atoms with van der Waals surface area (Å²) in [6, 6.07) is 0. The van der Waals surface area contributed by atoms with Crippen molar-refractivity contribution < 1.29 is 19.3 Å². The average molecular weight is 270 g/mol. The largest absolute Gasteiger partial charge is 0.392 e. The Balaban J connectivity index is 2.42. The highest BCUT2D eigenvalue weighted by atomic mass is 19.1. The van der Waals surface area contributed by atoms with Crippen molar-refractivity contribution in [2.24, 2.45) is 0 Å². The Labute approximate surface area is 106 Å². The van der Waals surface area contributed by atoms with Gasteiger partial charge in [0.2, 0.25) is 5.82 Å². The minimum absolute atomic E-state index is 0.115. The van der Waals surface area contributed by atoms with Crippen LogP contribution in [0.4, 0.5) is 4.39 Å². The lowest BCUT2D eigenvalue weighted by Crippen LogP contribution is -2.41. The number of hydrogen-bond donors (Lipinski definition) is 3. The Bertz CT molecular complexity index is 646. The molecule has 0 saturated carbocycles. The second-order valence-electron chi connectivity index (χ2n) is 4.16. The lowest BCUT2D eigenvalue weighted by Gasteiger charge is -2.23. The van der Waals surface area contributed by atoms with Gasteiger partial charge < -0.3 is 14.9 Å². The number of aliphatic hydroxyl groups is 2. The van der Waals surface area contributed by atoms with Gasteiger partial charge in [-0.15, -0.1) is 6.42 Å². The Morgan fingerprint density at radius 3 is 2.89 bits per heavy atom. The molecule has 0 bridgehead atoms. The van der Waals surface area contributed by atoms with Crippen molar-refractivity contribution in [3.8, 4) is 12.3 Å². The van der Waals surface area contributed by atoms with Crippen LogP contribution in [0, 0.1) is 18.2 Å². The van der Waals surface area contributed by atoms with Gasteiger partial charge in [0.05, 0.1) is 12.8 Å². The molecular formula is C11H11FN2O5. The number of aromatic nitrogens is 2. The van der Waals surface area contributed by atoms with Gasteiger partial charge in [-0.1, -0.05) is 5.92 Å². The van der Waals surface area contributed by atoms with Crippen LogP contribution >= 0.6 is 0 Å². The predicted octanol–water partition coefficient (Wildman–Crippen LogP) is -1.68. The van der Waals surface area contributed by atoms with Crippen molar-refractivity contribution in [1.29, 1.82) is 0 Å². The summed E-state index contributed by atoms with van der Waals surface area (Å²) in [6.07, 6.45) is 3.46. The summed E-state index contributed by atoms with van der Waals surface area (Å²) in [7, 11) is 0. The second kappa shape index (κ2) is 4.62. The summed E-state index contributed by atoms with van der Waals surface area (Å²) < 4.78 is 19.2. The number of nitrogens with zero attached hydrogens (tertiary/aromatic N) is 1. The van der Waals surface area contributed by atoms with E-state index in [0.717, 1.165) is 4.57 Å². The zero-order valence-electron chi connectivity index (χ0n) is 9.67. The number of aliphatic hydroxyl groups excluding tert-OH is 2. The molecule has 0 aliphatic carbocycles. The molecule has 7 nitrogen and oxygen atoms in total. The maximum Gasteiger partial charge on any atom is 0.330 e. The van der Waals surface area contributed by atoms with Gasteiger partial charge in [0.25, 0.3) is 5.56 Å². The van der Waals surface area contributed by atoms with Gasteiger partial charge in [0.15, 0.2) is 5.60 Å². The minimum atomic E-state index is -1.64. The number of H-pyrrole nitrogens is 1. The first-order valence-electron chi connectivity index (χ1n) is 5.39. The van der Waals surface area contributed by atoms with Crippen LogP contribution < -0.4 is 11.2 Å². The summed E-state index contributed by atoms with van der Waals surface area (Å²) >= 11 is 0. The van der Waals surface area contributed by atoms with Crippen molar-refractivity contribution in [3.63, 3.8) is 0 Å². The summed E-state index contributed by atoms with van der Waals surface area (Å²) in [4.78, 5) is 24.2. The van der Waals surface area contributed by atoms with Crippen LogP contribution in [0.3, 0.4) is 0 Å². The van der Waals surface area contributed by atoms with Crippen LogP contribution in [-0.2, 0) is 4.74 Å². The first-order chi connectivity index (χ1) is 8.93. The van der Waals surface area contributed by atoms with E-state index in [0.29, 0.717) is 6.20 Å². The van der Waals surface area contributed by atoms with E-state index in [9.17, 15) is 24.2 Å². The lowest BCUT2D eigenvalue weighted by atomic mass is 9.99. The summed E-state index contributed by atoms with van der Waals surface area (Å²) in [6.45, 7) is -0.651. The SMILES string of the molecule is C#C[C@]1(CO)O[C@H](n2cc(F)c(=O)[nH]c2=O)C[C@@H]1O. The van der Waals surface area contributed by atoms with E-state index < -0.39 is 41.6 Å². The quantitative estimate of drug-likeness (QED) is 0.557. The maximum absolute atomic E-state index is 13.2. The topological polar surface area (TPSA) is 105 Å². The summed E-state index contributed by atoms with van der Waals surface area (Å²) in [5.74, 6) is 0.952. The fraction of sp³-hybridized carbons (Fsp3) is 0.455. The molecule has 1 aromatic rings. The zero-order chi connectivity index (χ0) is 14.2. The maximum atomic E-state index is 13.2. The molecule has 1 aromatic heterocycles. The highest BCUT2D eigenvalue weighted by Crippen LogP contribution is 2.35. The molecular weight excluding hydrogens is 259 g/mol. The van der Waals surface area contributed by atoms with Crippen molar-refractivity contribution in [2.45, 2.75) is 24.4 Å². The molecule has 0 amide bonds. The van der Waals surface area contributed by atoms with Gasteiger partial charge in [-0.25, -0.2) is 4.79 Å². The molecule has 1 aliphatic rings. The Hall–Kier alpha value is -1.95. The van der Waals surface area contributed by atoms with Crippen LogP contribution in [0.5, 0.6) is 0 Å². The standard InChI is InChI=1S/C11H11FN2O5/c1-2-11(5-15)7(16)3-8(19-11)14-4-6(12)9(17)13-10(14)18/h1,4,7-8,15-16H,3,5H2,(H,13,17,18)/t7-,8-,11+/m0/s1. The van der Waals surface area contributed by atoms with Gasteiger partial charge in [-0.05, 0) is 0 Å². The number of aromatic amines is 1. The van der Waals surface area contributed by atoms with E-state index in [4.69, 9.17) is 11.2 Å². The Kier molecular flexibility index (Phi) is 3.28. The van der Waals surface area contributed by atoms with Crippen molar-refractivity contribution in [1.82, 2.24) is 9.55 Å². The minimum Gasteiger partial charge on any atom is -0.392 e. The van der Waals surface area contributed by atoms with Crippen LogP contribution in [0.1, 0.15) is 12.6 Å². The number of ether oxygens (including phenoxy) is 1. The van der Waals surface area contributed by atoms with E-state index in [1.165, 1.54) is 0 Å². The second-order valence-corrected chi connectivity index (χ2v) is 4.16. The molecule has 0 spiro atoms. The zero-order valence-corrected chi connectivity index (χ0v) is 9.67. The van der Waals surface area contributed by atoms with E-state index in [-0.39, 0.29) is 6.42 Å². The number of terminal acetylenes is 1. The molecule has 102 valence electrons. The predicted molar refractivity (Wildman–Crippen MR) is 60.7 cm³/mol. The molecule has 2 heterocycles. The van der Waals surface area contributed by atoms with Crippen molar-refractivity contribution in [3.05, 3.63) is 32.9 Å². The van der Waals surface area contributed by atoms with Gasteiger partial charge in [-0.2, -0.15) is 4.39 Å². The molecule has 1 aliphatic heterocycles. The normalized spacial score (nSPS) is 30.2. The van der Waals surface area contributed by atoms with Crippen LogP contribution in [0.25, 0.3) is 0 Å². The fourth-order valence-corrected chi connectivity index (χ4v) is 1.91. The van der Waals surface area contributed by atoms with E-state index in [2.05, 4.69) is 5.92 Å². The lowest BCUT2D eigenvalue weighted by molar-refractivity contribution is -0.0914. The molecule has 0 unspecified atom stereocenters. The Morgan fingerprint density at radius 1 is 1.68 bits per heavy atom. The highest BCUT2D eigenvalue weighted by Gasteiger charge is 2.47. The van der Waals surface area contributed by atoms with Gasteiger partial charge in [-0.3, -0.25) is 14.3 Å². The molecule has 8 heteroatoms. The van der Waals surface area contributed by atoms with E-state index >= 15 is 0 Å². The number of rotatable bonds is 2. The van der Waals surface area contributed by atoms with Crippen molar-refractivity contribution in [2.75, 3.05) is 6.61 Å². The third-order valence-corrected chi connectivity index (χ3v) is 3.02. The average Bonchev–Trinajstić information content (AvgIpc) is 2.71. The first-order valence-corrected chi connectivity index (χ1v) is 5.39. The molecule has 2 rings (SSSR count). The van der Waals surface area contributed by atoms with E-state index in [1.807, 2.05) is 0 Å². The number of hydrogen-bond acceptors (Lipinski definition) is 5. The summed E-state index contributed by atoms with van der Waals surface area (Å²) in [5, 5.41) is 19.0. The smallest absolute Gasteiger partial charge is 0.330 e. The summed E-state index contributed by atoms with van der Waals surface area (Å²) in [5.41, 5.74) is -3.68. The third kappa shape index (κ3) is 2.08. The van der Waals surface area contributed by atoms with Gasteiger partial charge in [0.1, 0.15) is 12.3 Å². The van der Waals surface area contributed by atoms with Gasteiger partial charge >= 0.3 is 5.69 Å². The van der Waals surface area contributed by atoms with Crippen LogP contribution in [0.15, 0.2) is 15.8 Å². The first kappa shape index (κ1) is 13.5. The number of nitrogens with one attached hydrogen (secondary N) is 1. The molecule has 1 saturated heterocycles. The molecule has 1 fully saturated rings. The molecule has 0 aromatic carbocycles. The Morgan fingerprint density at radius 2 is 2.37 bits per heavy atom. The molecule has 19 heavy (non-hydrogen) atoms. The van der Waals surface area contributed by atoms with Gasteiger partial charge in [0, 0.05) is 6.42 Å². The fourth-order valence-electron chi connectivity index (χ4n) is 1.91. The van der Waals surface area contributed by atoms with E-state index in [1.54, 1.807) is 4.98 Å². The highest BCUT2D eigenvalue weighted by molar-refractivity contribution is 5.16. The number of halogens is 1. The van der Waals surface area contributed by atoms with Crippen LogP contribution in [-0.4, -0.2) is 38.1 Å². The molecule has 0 radical (unpaired) electrons. The molecule has 3 N–H and O–H groups in total. The van der Waals surface area contributed by atoms with Crippen molar-refractivity contribution >= 4 is 0 Å².